The second-order valence-electron chi connectivity index (χ2n) is 5.69. The van der Waals surface area contributed by atoms with Crippen molar-refractivity contribution in [3.05, 3.63) is 73.2 Å². The number of nitrogens with one attached hydrogen (secondary N) is 2. The summed E-state index contributed by atoms with van der Waals surface area (Å²) in [5, 5.41) is 4.39. The fourth-order valence-electron chi connectivity index (χ4n) is 2.46. The third-order valence-electron chi connectivity index (χ3n) is 3.75. The highest BCUT2D eigenvalue weighted by Crippen LogP contribution is 2.25. The van der Waals surface area contributed by atoms with Crippen molar-refractivity contribution in [2.45, 2.75) is 12.5 Å². The summed E-state index contributed by atoms with van der Waals surface area (Å²) in [4.78, 5) is 30.9. The number of carbonyl (C=O) groups is 1. The quantitative estimate of drug-likeness (QED) is 0.792. The molecule has 0 saturated carbocycles. The average molecular weight is 414 g/mol. The first-order chi connectivity index (χ1) is 12.2. The number of hydrogen-bond acceptors (Lipinski definition) is 5. The maximum Gasteiger partial charge on any atom is 0.263 e. The second kappa shape index (κ2) is 7.22. The standard InChI is InChI=1S/C16H13Cl2N3O4S/c17-12-2-1-3-13(18)10(12)6-14-19-7-11(16(23)21-14)15(22)20-9-4-5-26(24,25)8-9/h1-5,7,9H,6,8H2,(H,20,22)(H,19,21,23). The van der Waals surface area contributed by atoms with Crippen LogP contribution in [-0.2, 0) is 16.3 Å². The molecule has 26 heavy (non-hydrogen) atoms. The molecule has 1 aromatic heterocycles. The molecule has 1 atom stereocenters. The zero-order chi connectivity index (χ0) is 18.9. The molecule has 1 amide bonds. The summed E-state index contributed by atoms with van der Waals surface area (Å²) >= 11 is 12.2. The number of sulfone groups is 1. The first kappa shape index (κ1) is 18.6. The van der Waals surface area contributed by atoms with Crippen LogP contribution in [0.1, 0.15) is 21.7 Å². The lowest BCUT2D eigenvalue weighted by atomic mass is 10.1. The van der Waals surface area contributed by atoms with Gasteiger partial charge in [0.1, 0.15) is 11.4 Å². The molecule has 0 saturated heterocycles. The predicted octanol–water partition coefficient (Wildman–Crippen LogP) is 1.71. The smallest absolute Gasteiger partial charge is 0.263 e. The Morgan fingerprint density at radius 3 is 2.58 bits per heavy atom. The Labute approximate surface area is 159 Å². The van der Waals surface area contributed by atoms with E-state index in [1.807, 2.05) is 0 Å². The largest absolute Gasteiger partial charge is 0.345 e. The average Bonchev–Trinajstić information content (AvgIpc) is 2.89. The van der Waals surface area contributed by atoms with Gasteiger partial charge in [-0.15, -0.1) is 0 Å². The third kappa shape index (κ3) is 4.14. The molecule has 7 nitrogen and oxygen atoms in total. The molecule has 2 aromatic rings. The lowest BCUT2D eigenvalue weighted by Gasteiger charge is -2.10. The summed E-state index contributed by atoms with van der Waals surface area (Å²) in [6.45, 7) is 0. The predicted molar refractivity (Wildman–Crippen MR) is 98.3 cm³/mol. The summed E-state index contributed by atoms with van der Waals surface area (Å²) in [5.74, 6) is -0.634. The lowest BCUT2D eigenvalue weighted by Crippen LogP contribution is -2.38. The van der Waals surface area contributed by atoms with Gasteiger partial charge in [-0.25, -0.2) is 13.4 Å². The van der Waals surface area contributed by atoms with E-state index >= 15 is 0 Å². The summed E-state index contributed by atoms with van der Waals surface area (Å²) in [5.41, 5.74) is -0.241. The van der Waals surface area contributed by atoms with Gasteiger partial charge in [-0.2, -0.15) is 0 Å². The van der Waals surface area contributed by atoms with Gasteiger partial charge in [0.15, 0.2) is 9.84 Å². The van der Waals surface area contributed by atoms with E-state index in [0.29, 0.717) is 21.4 Å². The van der Waals surface area contributed by atoms with Crippen molar-refractivity contribution in [2.75, 3.05) is 5.75 Å². The van der Waals surface area contributed by atoms with Crippen molar-refractivity contribution in [2.24, 2.45) is 0 Å². The minimum Gasteiger partial charge on any atom is -0.345 e. The molecule has 1 unspecified atom stereocenters. The third-order valence-corrected chi connectivity index (χ3v) is 5.85. The number of aromatic amines is 1. The summed E-state index contributed by atoms with van der Waals surface area (Å²) in [7, 11) is -3.30. The molecule has 0 aliphatic carbocycles. The monoisotopic (exact) mass is 413 g/mol. The van der Waals surface area contributed by atoms with E-state index in [-0.39, 0.29) is 17.7 Å². The highest BCUT2D eigenvalue weighted by molar-refractivity contribution is 7.94. The van der Waals surface area contributed by atoms with E-state index in [0.717, 1.165) is 11.6 Å². The molecule has 1 aliphatic heterocycles. The highest BCUT2D eigenvalue weighted by Gasteiger charge is 2.24. The number of amides is 1. The number of aromatic nitrogens is 2. The number of benzene rings is 1. The molecule has 0 radical (unpaired) electrons. The number of carbonyl (C=O) groups excluding carboxylic acids is 1. The minimum absolute atomic E-state index is 0.194. The van der Waals surface area contributed by atoms with Crippen molar-refractivity contribution in [1.29, 1.82) is 0 Å². The molecule has 10 heteroatoms. The Morgan fingerprint density at radius 1 is 1.31 bits per heavy atom. The zero-order valence-electron chi connectivity index (χ0n) is 13.2. The minimum atomic E-state index is -3.30. The van der Waals surface area contributed by atoms with Gasteiger partial charge in [-0.1, -0.05) is 29.3 Å². The Hall–Kier alpha value is -2.16. The van der Waals surface area contributed by atoms with Crippen LogP contribution in [0.5, 0.6) is 0 Å². The van der Waals surface area contributed by atoms with Gasteiger partial charge in [0.05, 0.1) is 11.8 Å². The van der Waals surface area contributed by atoms with Crippen LogP contribution >= 0.6 is 23.2 Å². The number of halogens is 2. The van der Waals surface area contributed by atoms with E-state index in [4.69, 9.17) is 23.2 Å². The SMILES string of the molecule is O=C(NC1C=CS(=O)(=O)C1)c1cnc(Cc2c(Cl)cccc2Cl)[nH]c1=O. The van der Waals surface area contributed by atoms with Crippen molar-refractivity contribution in [1.82, 2.24) is 15.3 Å². The Balaban J connectivity index is 1.77. The fraction of sp³-hybridized carbons (Fsp3) is 0.188. The Morgan fingerprint density at radius 2 is 2.00 bits per heavy atom. The Bertz CT molecular complexity index is 1040. The molecular formula is C16H13Cl2N3O4S. The number of rotatable bonds is 4. The Kier molecular flexibility index (Phi) is 5.17. The van der Waals surface area contributed by atoms with Crippen LogP contribution in [0.15, 0.2) is 40.7 Å². The van der Waals surface area contributed by atoms with E-state index < -0.39 is 27.3 Å². The van der Waals surface area contributed by atoms with E-state index in [9.17, 15) is 18.0 Å². The van der Waals surface area contributed by atoms with Crippen molar-refractivity contribution >= 4 is 38.9 Å². The topological polar surface area (TPSA) is 109 Å². The molecule has 0 fully saturated rings. The van der Waals surface area contributed by atoms with E-state index in [2.05, 4.69) is 15.3 Å². The molecule has 0 bridgehead atoms. The number of H-pyrrole nitrogens is 1. The summed E-state index contributed by atoms with van der Waals surface area (Å²) < 4.78 is 22.7. The van der Waals surface area contributed by atoms with Crippen LogP contribution in [-0.4, -0.2) is 36.1 Å². The maximum absolute atomic E-state index is 12.2. The first-order valence-corrected chi connectivity index (χ1v) is 9.95. The van der Waals surface area contributed by atoms with Gasteiger partial charge in [-0.3, -0.25) is 9.59 Å². The van der Waals surface area contributed by atoms with E-state index in [1.54, 1.807) is 18.2 Å². The fourth-order valence-corrected chi connectivity index (χ4v) is 4.23. The molecule has 1 aromatic carbocycles. The highest BCUT2D eigenvalue weighted by atomic mass is 35.5. The van der Waals surface area contributed by atoms with Crippen LogP contribution in [0.4, 0.5) is 0 Å². The van der Waals surface area contributed by atoms with Crippen LogP contribution in [0.25, 0.3) is 0 Å². The van der Waals surface area contributed by atoms with Crippen molar-refractivity contribution < 1.29 is 13.2 Å². The van der Waals surface area contributed by atoms with Gasteiger partial charge in [0.25, 0.3) is 11.5 Å². The van der Waals surface area contributed by atoms with Gasteiger partial charge in [0, 0.05) is 28.1 Å². The number of hydrogen-bond donors (Lipinski definition) is 2. The second-order valence-corrected chi connectivity index (χ2v) is 8.43. The van der Waals surface area contributed by atoms with Gasteiger partial charge >= 0.3 is 0 Å². The normalized spacial score (nSPS) is 18.0. The lowest BCUT2D eigenvalue weighted by molar-refractivity contribution is 0.0945. The van der Waals surface area contributed by atoms with Crippen LogP contribution in [0, 0.1) is 0 Å². The number of nitrogens with zero attached hydrogens (tertiary/aromatic N) is 1. The van der Waals surface area contributed by atoms with Crippen molar-refractivity contribution in [3.8, 4) is 0 Å². The molecule has 2 N–H and O–H groups in total. The molecule has 0 spiro atoms. The van der Waals surface area contributed by atoms with Gasteiger partial charge < -0.3 is 10.3 Å². The maximum atomic E-state index is 12.2. The molecule has 2 heterocycles. The molecule has 1 aliphatic rings. The first-order valence-electron chi connectivity index (χ1n) is 7.48. The van der Waals surface area contributed by atoms with Crippen LogP contribution < -0.4 is 10.9 Å². The van der Waals surface area contributed by atoms with Crippen LogP contribution in [0.3, 0.4) is 0 Å². The zero-order valence-corrected chi connectivity index (χ0v) is 15.5. The molecular weight excluding hydrogens is 401 g/mol. The van der Waals surface area contributed by atoms with Crippen LogP contribution in [0.2, 0.25) is 10.0 Å². The van der Waals surface area contributed by atoms with Crippen molar-refractivity contribution in [3.63, 3.8) is 0 Å². The molecule has 136 valence electrons. The molecule has 3 rings (SSSR count). The summed E-state index contributed by atoms with van der Waals surface area (Å²) in [6.07, 6.45) is 2.70. The summed E-state index contributed by atoms with van der Waals surface area (Å²) in [6, 6.07) is 4.38. The van der Waals surface area contributed by atoms with Gasteiger partial charge in [-0.05, 0) is 23.8 Å². The van der Waals surface area contributed by atoms with E-state index in [1.165, 1.54) is 6.08 Å². The van der Waals surface area contributed by atoms with Gasteiger partial charge in [0.2, 0.25) is 0 Å².